The number of nitrogens with one attached hydrogen (secondary N) is 1. The molecule has 1 aliphatic rings. The smallest absolute Gasteiger partial charge is 0.262 e. The van der Waals surface area contributed by atoms with Crippen LogP contribution in [-0.4, -0.2) is 55.3 Å². The Hall–Kier alpha value is -4.87. The molecular weight excluding hydrogens is 596 g/mol. The number of nitrogens with zero attached hydrogens (tertiary/aromatic N) is 3. The standard InChI is InChI=1S/C34H31F2N5O3S/c1-22(25-18-26(35)20-27(36)19-25)40-14-16-41(17-15-40)34(42)24-7-10-29(11-8-24)39-45(43,44)32-12-9-28(37)21-31(32)30-6-2-4-23-5-3-13-38-33(23)30/h2-13,18-22,39H,14-17,37H2,1H3. The molecule has 0 aliphatic carbocycles. The predicted octanol–water partition coefficient (Wildman–Crippen LogP) is 6.08. The highest BCUT2D eigenvalue weighted by molar-refractivity contribution is 7.92. The van der Waals surface area contributed by atoms with E-state index < -0.39 is 21.7 Å². The molecule has 1 amide bonds. The van der Waals surface area contributed by atoms with Gasteiger partial charge in [-0.1, -0.05) is 24.3 Å². The molecule has 1 aliphatic heterocycles. The van der Waals surface area contributed by atoms with Gasteiger partial charge in [-0.3, -0.25) is 19.4 Å². The second-order valence-corrected chi connectivity index (χ2v) is 12.7. The molecular formula is C34H31F2N5O3S. The van der Waals surface area contributed by atoms with Crippen molar-refractivity contribution in [3.63, 3.8) is 0 Å². The summed E-state index contributed by atoms with van der Waals surface area (Å²) in [6.45, 7) is 3.85. The average Bonchev–Trinajstić information content (AvgIpc) is 3.03. The van der Waals surface area contributed by atoms with Crippen molar-refractivity contribution in [1.29, 1.82) is 0 Å². The number of pyridine rings is 1. The monoisotopic (exact) mass is 627 g/mol. The Balaban J connectivity index is 1.15. The first-order valence-corrected chi connectivity index (χ1v) is 15.9. The second-order valence-electron chi connectivity index (χ2n) is 11.0. The number of rotatable bonds is 7. The van der Waals surface area contributed by atoms with Crippen LogP contribution in [-0.2, 0) is 10.0 Å². The predicted molar refractivity (Wildman–Crippen MR) is 171 cm³/mol. The van der Waals surface area contributed by atoms with E-state index in [4.69, 9.17) is 5.73 Å². The van der Waals surface area contributed by atoms with Crippen molar-refractivity contribution in [2.75, 3.05) is 36.6 Å². The van der Waals surface area contributed by atoms with E-state index in [2.05, 4.69) is 14.6 Å². The summed E-state index contributed by atoms with van der Waals surface area (Å²) in [4.78, 5) is 21.6. The van der Waals surface area contributed by atoms with Gasteiger partial charge >= 0.3 is 0 Å². The highest BCUT2D eigenvalue weighted by Gasteiger charge is 2.26. The van der Waals surface area contributed by atoms with Crippen LogP contribution >= 0.6 is 0 Å². The minimum Gasteiger partial charge on any atom is -0.399 e. The van der Waals surface area contributed by atoms with Crippen molar-refractivity contribution in [3.05, 3.63) is 120 Å². The van der Waals surface area contributed by atoms with Crippen molar-refractivity contribution < 1.29 is 22.0 Å². The van der Waals surface area contributed by atoms with Gasteiger partial charge < -0.3 is 10.6 Å². The molecule has 4 aromatic carbocycles. The lowest BCUT2D eigenvalue weighted by Crippen LogP contribution is -2.49. The van der Waals surface area contributed by atoms with E-state index in [-0.39, 0.29) is 16.8 Å². The van der Waals surface area contributed by atoms with Gasteiger partial charge in [0.1, 0.15) is 11.6 Å². The van der Waals surface area contributed by atoms with E-state index >= 15 is 0 Å². The summed E-state index contributed by atoms with van der Waals surface area (Å²) in [5.74, 6) is -1.42. The van der Waals surface area contributed by atoms with Gasteiger partial charge in [-0.25, -0.2) is 17.2 Å². The summed E-state index contributed by atoms with van der Waals surface area (Å²) in [7, 11) is -4.05. The van der Waals surface area contributed by atoms with E-state index in [1.165, 1.54) is 24.3 Å². The summed E-state index contributed by atoms with van der Waals surface area (Å²) in [6, 6.07) is 23.5. The van der Waals surface area contributed by atoms with Crippen LogP contribution in [0.3, 0.4) is 0 Å². The Kier molecular flexibility index (Phi) is 8.22. The fraction of sp³-hybridized carbons (Fsp3) is 0.176. The number of halogens is 2. The number of hydrogen-bond acceptors (Lipinski definition) is 6. The number of sulfonamides is 1. The lowest BCUT2D eigenvalue weighted by molar-refractivity contribution is 0.0582. The average molecular weight is 628 g/mol. The molecule has 0 saturated carbocycles. The van der Waals surface area contributed by atoms with E-state index in [1.54, 1.807) is 41.4 Å². The zero-order valence-corrected chi connectivity index (χ0v) is 25.3. The van der Waals surface area contributed by atoms with Gasteiger partial charge in [-0.15, -0.1) is 0 Å². The van der Waals surface area contributed by atoms with Gasteiger partial charge in [0, 0.05) is 77.9 Å². The number of amides is 1. The number of benzene rings is 4. The number of para-hydroxylation sites is 1. The summed E-state index contributed by atoms with van der Waals surface area (Å²) < 4.78 is 57.3. The quantitative estimate of drug-likeness (QED) is 0.212. The van der Waals surface area contributed by atoms with Crippen LogP contribution in [0.15, 0.2) is 102 Å². The highest BCUT2D eigenvalue weighted by atomic mass is 32.2. The van der Waals surface area contributed by atoms with Crippen LogP contribution in [0.25, 0.3) is 22.0 Å². The van der Waals surface area contributed by atoms with E-state index in [0.29, 0.717) is 65.3 Å². The molecule has 6 rings (SSSR count). The van der Waals surface area contributed by atoms with Crippen LogP contribution in [0.1, 0.15) is 28.9 Å². The third-order valence-electron chi connectivity index (χ3n) is 8.12. The van der Waals surface area contributed by atoms with Crippen molar-refractivity contribution in [2.45, 2.75) is 17.9 Å². The van der Waals surface area contributed by atoms with Crippen molar-refractivity contribution in [1.82, 2.24) is 14.8 Å². The molecule has 1 unspecified atom stereocenters. The first-order valence-electron chi connectivity index (χ1n) is 14.4. The zero-order chi connectivity index (χ0) is 31.7. The molecule has 8 nitrogen and oxygen atoms in total. The number of hydrogen-bond donors (Lipinski definition) is 2. The molecule has 1 aromatic heterocycles. The normalized spacial score (nSPS) is 14.8. The van der Waals surface area contributed by atoms with Gasteiger partial charge in [0.15, 0.2) is 0 Å². The maximum atomic E-state index is 13.7. The molecule has 230 valence electrons. The molecule has 3 N–H and O–H groups in total. The summed E-state index contributed by atoms with van der Waals surface area (Å²) in [5, 5.41) is 0.867. The van der Waals surface area contributed by atoms with Crippen LogP contribution in [0.5, 0.6) is 0 Å². The van der Waals surface area contributed by atoms with Gasteiger partial charge in [0.25, 0.3) is 15.9 Å². The number of anilines is 2. The molecule has 0 bridgehead atoms. The van der Waals surface area contributed by atoms with Gasteiger partial charge in [-0.2, -0.15) is 0 Å². The molecule has 1 fully saturated rings. The fourth-order valence-electron chi connectivity index (χ4n) is 5.73. The Labute approximate surface area is 260 Å². The molecule has 0 spiro atoms. The number of nitrogens with two attached hydrogens (primary N) is 1. The second kappa shape index (κ2) is 12.3. The first kappa shape index (κ1) is 30.2. The van der Waals surface area contributed by atoms with Crippen LogP contribution in [0.2, 0.25) is 0 Å². The Morgan fingerprint density at radius 2 is 1.56 bits per heavy atom. The minimum atomic E-state index is -4.05. The van der Waals surface area contributed by atoms with Crippen molar-refractivity contribution in [2.24, 2.45) is 0 Å². The number of fused-ring (bicyclic) bond motifs is 1. The summed E-state index contributed by atoms with van der Waals surface area (Å²) in [5.41, 5.74) is 9.47. The Morgan fingerprint density at radius 3 is 2.27 bits per heavy atom. The number of piperazine rings is 1. The molecule has 45 heavy (non-hydrogen) atoms. The highest BCUT2D eigenvalue weighted by Crippen LogP contribution is 2.34. The van der Waals surface area contributed by atoms with Gasteiger partial charge in [-0.05, 0) is 73.2 Å². The molecule has 1 saturated heterocycles. The van der Waals surface area contributed by atoms with Crippen molar-refractivity contribution >= 4 is 38.2 Å². The van der Waals surface area contributed by atoms with Crippen LogP contribution < -0.4 is 10.5 Å². The van der Waals surface area contributed by atoms with Crippen molar-refractivity contribution in [3.8, 4) is 11.1 Å². The lowest BCUT2D eigenvalue weighted by Gasteiger charge is -2.38. The van der Waals surface area contributed by atoms with E-state index in [1.807, 2.05) is 37.3 Å². The number of aromatic nitrogens is 1. The Bertz CT molecular complexity index is 1970. The van der Waals surface area contributed by atoms with Crippen LogP contribution in [0, 0.1) is 11.6 Å². The molecule has 5 aromatic rings. The first-order chi connectivity index (χ1) is 21.6. The maximum Gasteiger partial charge on any atom is 0.262 e. The van der Waals surface area contributed by atoms with Crippen LogP contribution in [0.4, 0.5) is 20.2 Å². The maximum absolute atomic E-state index is 13.7. The van der Waals surface area contributed by atoms with Gasteiger partial charge in [0.2, 0.25) is 0 Å². The molecule has 0 radical (unpaired) electrons. The number of carbonyl (C=O) groups excluding carboxylic acids is 1. The lowest BCUT2D eigenvalue weighted by atomic mass is 10.0. The van der Waals surface area contributed by atoms with E-state index in [9.17, 15) is 22.0 Å². The van der Waals surface area contributed by atoms with Gasteiger partial charge in [0.05, 0.1) is 10.4 Å². The zero-order valence-electron chi connectivity index (χ0n) is 24.5. The third-order valence-corrected chi connectivity index (χ3v) is 9.56. The summed E-state index contributed by atoms with van der Waals surface area (Å²) in [6.07, 6.45) is 1.66. The number of carbonyl (C=O) groups is 1. The number of nitrogen functional groups attached to an aromatic ring is 1. The summed E-state index contributed by atoms with van der Waals surface area (Å²) >= 11 is 0. The minimum absolute atomic E-state index is 0.0445. The third kappa shape index (κ3) is 6.36. The van der Waals surface area contributed by atoms with E-state index in [0.717, 1.165) is 11.5 Å². The fourth-order valence-corrected chi connectivity index (χ4v) is 6.99. The molecule has 11 heteroatoms. The molecule has 2 heterocycles. The topological polar surface area (TPSA) is 109 Å². The largest absolute Gasteiger partial charge is 0.399 e. The molecule has 1 atom stereocenters. The SMILES string of the molecule is CC(c1cc(F)cc(F)c1)N1CCN(C(=O)c2ccc(NS(=O)(=O)c3ccc(N)cc3-c3cccc4cccnc34)cc2)CC1. The Morgan fingerprint density at radius 1 is 0.867 bits per heavy atom.